The summed E-state index contributed by atoms with van der Waals surface area (Å²) in [6.45, 7) is 4.89. The highest BCUT2D eigenvalue weighted by Gasteiger charge is 2.23. The lowest BCUT2D eigenvalue weighted by molar-refractivity contribution is -0.133. The van der Waals surface area contributed by atoms with E-state index in [0.717, 1.165) is 16.9 Å². The predicted molar refractivity (Wildman–Crippen MR) is 133 cm³/mol. The molecule has 8 heteroatoms. The van der Waals surface area contributed by atoms with Crippen molar-refractivity contribution in [1.82, 2.24) is 9.80 Å². The van der Waals surface area contributed by atoms with Gasteiger partial charge in [0, 0.05) is 30.9 Å². The third-order valence-corrected chi connectivity index (χ3v) is 5.72. The van der Waals surface area contributed by atoms with Gasteiger partial charge in [-0.2, -0.15) is 0 Å². The zero-order valence-corrected chi connectivity index (χ0v) is 20.5. The average molecular weight is 484 g/mol. The molecule has 1 aromatic heterocycles. The zero-order valence-electron chi connectivity index (χ0n) is 19.7. The van der Waals surface area contributed by atoms with E-state index in [1.807, 2.05) is 62.4 Å². The van der Waals surface area contributed by atoms with Crippen LogP contribution in [0.15, 0.2) is 65.1 Å². The van der Waals surface area contributed by atoms with Crippen LogP contribution in [0.2, 0.25) is 5.02 Å². The molecule has 0 unspecified atom stereocenters. The first-order valence-corrected chi connectivity index (χ1v) is 11.4. The first-order valence-electron chi connectivity index (χ1n) is 11.0. The SMILES string of the molecule is COCCN(CC(=O)N(Cc1ccccc1)Cc1ccc(C)o1)C(=O)Nc1ccc(C)c(Cl)c1. The van der Waals surface area contributed by atoms with Crippen LogP contribution in [0.4, 0.5) is 10.5 Å². The Bertz CT molecular complexity index is 1100. The molecule has 1 heterocycles. The van der Waals surface area contributed by atoms with Gasteiger partial charge in [0.2, 0.25) is 5.91 Å². The molecular weight excluding hydrogens is 454 g/mol. The van der Waals surface area contributed by atoms with Crippen LogP contribution in [0, 0.1) is 13.8 Å². The minimum Gasteiger partial charge on any atom is -0.464 e. The maximum atomic E-state index is 13.4. The number of nitrogens with one attached hydrogen (secondary N) is 1. The van der Waals surface area contributed by atoms with E-state index < -0.39 is 6.03 Å². The van der Waals surface area contributed by atoms with E-state index in [4.69, 9.17) is 20.8 Å². The number of carbonyl (C=O) groups excluding carboxylic acids is 2. The standard InChI is InChI=1S/C26H30ClN3O4/c1-19-9-11-22(15-24(19)27)28-26(32)29(13-14-33-3)18-25(31)30(16-21-7-5-4-6-8-21)17-23-12-10-20(2)34-23/h4-12,15H,13-14,16-18H2,1-3H3,(H,28,32). The molecule has 0 aliphatic heterocycles. The molecule has 34 heavy (non-hydrogen) atoms. The van der Waals surface area contributed by atoms with E-state index in [0.29, 0.717) is 36.2 Å². The number of ether oxygens (including phenoxy) is 1. The van der Waals surface area contributed by atoms with Gasteiger partial charge in [0.05, 0.1) is 13.2 Å². The molecule has 0 saturated carbocycles. The third kappa shape index (κ3) is 7.37. The van der Waals surface area contributed by atoms with Gasteiger partial charge in [0.25, 0.3) is 0 Å². The van der Waals surface area contributed by atoms with Crippen molar-refractivity contribution in [2.24, 2.45) is 0 Å². The average Bonchev–Trinajstić information content (AvgIpc) is 3.23. The van der Waals surface area contributed by atoms with E-state index in [-0.39, 0.29) is 19.0 Å². The van der Waals surface area contributed by atoms with Crippen molar-refractivity contribution in [3.8, 4) is 0 Å². The fourth-order valence-electron chi connectivity index (χ4n) is 3.38. The number of nitrogens with zero attached hydrogens (tertiary/aromatic N) is 2. The number of aryl methyl sites for hydroxylation is 2. The molecule has 0 radical (unpaired) electrons. The number of methoxy groups -OCH3 is 1. The third-order valence-electron chi connectivity index (χ3n) is 5.31. The van der Waals surface area contributed by atoms with Crippen molar-refractivity contribution in [2.75, 3.05) is 32.1 Å². The second-order valence-corrected chi connectivity index (χ2v) is 8.46. The Kier molecular flexibility index (Phi) is 9.13. The van der Waals surface area contributed by atoms with Gasteiger partial charge >= 0.3 is 6.03 Å². The highest BCUT2D eigenvalue weighted by Crippen LogP contribution is 2.20. The minimum atomic E-state index is -0.404. The lowest BCUT2D eigenvalue weighted by Gasteiger charge is -2.27. The van der Waals surface area contributed by atoms with Crippen LogP contribution < -0.4 is 5.32 Å². The number of carbonyl (C=O) groups is 2. The van der Waals surface area contributed by atoms with E-state index in [1.165, 1.54) is 4.90 Å². The van der Waals surface area contributed by atoms with Crippen LogP contribution in [-0.2, 0) is 22.6 Å². The largest absolute Gasteiger partial charge is 0.464 e. The molecule has 0 bridgehead atoms. The number of halogens is 1. The number of urea groups is 1. The Morgan fingerprint density at radius 2 is 1.76 bits per heavy atom. The molecule has 0 atom stereocenters. The summed E-state index contributed by atoms with van der Waals surface area (Å²) in [6, 6.07) is 18.3. The molecule has 0 spiro atoms. The number of rotatable bonds is 10. The Hall–Kier alpha value is -3.29. The summed E-state index contributed by atoms with van der Waals surface area (Å²) in [5.41, 5.74) is 2.46. The van der Waals surface area contributed by atoms with Gasteiger partial charge in [-0.15, -0.1) is 0 Å². The maximum absolute atomic E-state index is 13.4. The Labute approximate surface area is 205 Å². The smallest absolute Gasteiger partial charge is 0.322 e. The normalized spacial score (nSPS) is 10.7. The number of furan rings is 1. The van der Waals surface area contributed by atoms with Crippen LogP contribution in [0.3, 0.4) is 0 Å². The van der Waals surface area contributed by atoms with Crippen molar-refractivity contribution in [1.29, 1.82) is 0 Å². The molecule has 0 saturated heterocycles. The van der Waals surface area contributed by atoms with Crippen LogP contribution in [0.25, 0.3) is 0 Å². The molecule has 0 fully saturated rings. The first-order chi connectivity index (χ1) is 16.4. The van der Waals surface area contributed by atoms with Crippen molar-refractivity contribution >= 4 is 29.2 Å². The van der Waals surface area contributed by atoms with E-state index in [9.17, 15) is 9.59 Å². The van der Waals surface area contributed by atoms with Gasteiger partial charge in [-0.25, -0.2) is 4.79 Å². The monoisotopic (exact) mass is 483 g/mol. The maximum Gasteiger partial charge on any atom is 0.322 e. The summed E-state index contributed by atoms with van der Waals surface area (Å²) in [7, 11) is 1.55. The van der Waals surface area contributed by atoms with Gasteiger partial charge in [0.15, 0.2) is 0 Å². The molecule has 2 aromatic carbocycles. The predicted octanol–water partition coefficient (Wildman–Crippen LogP) is 5.26. The fraction of sp³-hybridized carbons (Fsp3) is 0.308. The van der Waals surface area contributed by atoms with Crippen LogP contribution in [0.5, 0.6) is 0 Å². The fourth-order valence-corrected chi connectivity index (χ4v) is 3.57. The summed E-state index contributed by atoms with van der Waals surface area (Å²) in [4.78, 5) is 29.5. The second-order valence-electron chi connectivity index (χ2n) is 8.06. The molecule has 1 N–H and O–H groups in total. The quantitative estimate of drug-likeness (QED) is 0.427. The number of amides is 3. The summed E-state index contributed by atoms with van der Waals surface area (Å²) < 4.78 is 10.9. The van der Waals surface area contributed by atoms with Gasteiger partial charge in [-0.1, -0.05) is 48.0 Å². The van der Waals surface area contributed by atoms with Crippen molar-refractivity contribution in [2.45, 2.75) is 26.9 Å². The number of anilines is 1. The van der Waals surface area contributed by atoms with Crippen molar-refractivity contribution in [3.63, 3.8) is 0 Å². The molecule has 3 aromatic rings. The lowest BCUT2D eigenvalue weighted by Crippen LogP contribution is -2.45. The second kappa shape index (κ2) is 12.3. The van der Waals surface area contributed by atoms with E-state index >= 15 is 0 Å². The summed E-state index contributed by atoms with van der Waals surface area (Å²) in [5, 5.41) is 3.38. The van der Waals surface area contributed by atoms with Crippen LogP contribution in [0.1, 0.15) is 22.6 Å². The zero-order chi connectivity index (χ0) is 24.5. The molecule has 7 nitrogen and oxygen atoms in total. The molecular formula is C26H30ClN3O4. The van der Waals surface area contributed by atoms with E-state index in [2.05, 4.69) is 5.32 Å². The summed E-state index contributed by atoms with van der Waals surface area (Å²) in [5.74, 6) is 1.26. The van der Waals surface area contributed by atoms with Crippen molar-refractivity contribution in [3.05, 3.63) is 88.3 Å². The highest BCUT2D eigenvalue weighted by molar-refractivity contribution is 6.31. The number of hydrogen-bond donors (Lipinski definition) is 1. The first kappa shape index (κ1) is 25.3. The minimum absolute atomic E-state index is 0.110. The number of benzene rings is 2. The summed E-state index contributed by atoms with van der Waals surface area (Å²) in [6.07, 6.45) is 0. The molecule has 0 aliphatic rings. The molecule has 3 amide bonds. The Balaban J connectivity index is 1.75. The summed E-state index contributed by atoms with van der Waals surface area (Å²) >= 11 is 6.19. The van der Waals surface area contributed by atoms with Gasteiger partial charge in [0.1, 0.15) is 18.1 Å². The van der Waals surface area contributed by atoms with Gasteiger partial charge < -0.3 is 24.3 Å². The topological polar surface area (TPSA) is 75.0 Å². The number of hydrogen-bond acceptors (Lipinski definition) is 4. The Morgan fingerprint density at radius 1 is 1.00 bits per heavy atom. The molecule has 3 rings (SSSR count). The van der Waals surface area contributed by atoms with Crippen LogP contribution in [-0.4, -0.2) is 48.5 Å². The van der Waals surface area contributed by atoms with Gasteiger partial charge in [-0.3, -0.25) is 4.79 Å². The Morgan fingerprint density at radius 3 is 2.41 bits per heavy atom. The van der Waals surface area contributed by atoms with Gasteiger partial charge in [-0.05, 0) is 49.2 Å². The lowest BCUT2D eigenvalue weighted by atomic mass is 10.2. The van der Waals surface area contributed by atoms with Crippen molar-refractivity contribution < 1.29 is 18.7 Å². The molecule has 0 aliphatic carbocycles. The van der Waals surface area contributed by atoms with E-state index in [1.54, 1.807) is 24.1 Å². The van der Waals surface area contributed by atoms with Crippen LogP contribution >= 0.6 is 11.6 Å². The molecule has 180 valence electrons. The highest BCUT2D eigenvalue weighted by atomic mass is 35.5.